The van der Waals surface area contributed by atoms with E-state index in [1.165, 1.54) is 12.1 Å². The van der Waals surface area contributed by atoms with Crippen molar-refractivity contribution in [1.82, 2.24) is 24.2 Å². The molecule has 0 spiro atoms. The highest BCUT2D eigenvalue weighted by Gasteiger charge is 2.13. The first-order valence-electron chi connectivity index (χ1n) is 11.6. The molecule has 36 heavy (non-hydrogen) atoms. The van der Waals surface area contributed by atoms with Crippen molar-refractivity contribution in [3.63, 3.8) is 0 Å². The molecule has 5 aromatic rings. The molecule has 3 aromatic heterocycles. The number of aromatic nitrogens is 4. The van der Waals surface area contributed by atoms with E-state index in [4.69, 9.17) is 0 Å². The van der Waals surface area contributed by atoms with Gasteiger partial charge in [-0.2, -0.15) is 5.10 Å². The number of nitrogens with zero attached hydrogens (tertiary/aromatic N) is 5. The zero-order chi connectivity index (χ0) is 25.2. The number of hydrogen-bond donors (Lipinski definition) is 1. The van der Waals surface area contributed by atoms with Crippen LogP contribution in [0.15, 0.2) is 90.1 Å². The molecule has 0 atom stereocenters. The van der Waals surface area contributed by atoms with Crippen LogP contribution < -0.4 is 10.9 Å². The molecule has 1 N–H and O–H groups in total. The average Bonchev–Trinajstić information content (AvgIpc) is 3.40. The third-order valence-corrected chi connectivity index (χ3v) is 5.95. The van der Waals surface area contributed by atoms with Gasteiger partial charge in [0.15, 0.2) is 0 Å². The van der Waals surface area contributed by atoms with Gasteiger partial charge in [-0.05, 0) is 69.0 Å². The van der Waals surface area contributed by atoms with Crippen molar-refractivity contribution in [3.05, 3.63) is 101 Å². The second-order valence-electron chi connectivity index (χ2n) is 8.87. The SMILES string of the molecule is Cc1ccc(-n2c(=O)ccc3cnc4ccc(-n5cccn5)cc4c32)cc1NC(=O)C=CCN(C)C. The topological polar surface area (TPSA) is 85.0 Å². The molecule has 0 bridgehead atoms. The number of hydrogen-bond acceptors (Lipinski definition) is 5. The van der Waals surface area contributed by atoms with Crippen molar-refractivity contribution in [2.45, 2.75) is 6.92 Å². The molecule has 0 aliphatic carbocycles. The van der Waals surface area contributed by atoms with Gasteiger partial charge < -0.3 is 10.2 Å². The molecule has 0 aliphatic rings. The molecule has 0 unspecified atom stereocenters. The third kappa shape index (κ3) is 4.54. The van der Waals surface area contributed by atoms with Crippen LogP contribution in [-0.4, -0.2) is 50.8 Å². The number of pyridine rings is 2. The van der Waals surface area contributed by atoms with E-state index in [2.05, 4.69) is 15.4 Å². The normalized spacial score (nSPS) is 11.7. The van der Waals surface area contributed by atoms with E-state index in [1.54, 1.807) is 33.8 Å². The van der Waals surface area contributed by atoms with Gasteiger partial charge in [-0.1, -0.05) is 12.1 Å². The Labute approximate surface area is 208 Å². The Morgan fingerprint density at radius 3 is 2.69 bits per heavy atom. The molecule has 0 radical (unpaired) electrons. The molecular formula is C28H26N6O2. The van der Waals surface area contributed by atoms with Crippen LogP contribution in [0, 0.1) is 6.92 Å². The number of carbonyl (C=O) groups is 1. The van der Waals surface area contributed by atoms with E-state index in [1.807, 2.05) is 74.6 Å². The number of amides is 1. The number of nitrogens with one attached hydrogen (secondary N) is 1. The summed E-state index contributed by atoms with van der Waals surface area (Å²) < 4.78 is 3.44. The van der Waals surface area contributed by atoms with E-state index >= 15 is 0 Å². The van der Waals surface area contributed by atoms with Crippen LogP contribution in [0.1, 0.15) is 5.56 Å². The first-order chi connectivity index (χ1) is 17.4. The maximum Gasteiger partial charge on any atom is 0.255 e. The third-order valence-electron chi connectivity index (χ3n) is 5.95. The van der Waals surface area contributed by atoms with E-state index in [9.17, 15) is 9.59 Å². The Morgan fingerprint density at radius 1 is 1.08 bits per heavy atom. The molecular weight excluding hydrogens is 452 g/mol. The Morgan fingerprint density at radius 2 is 1.92 bits per heavy atom. The number of fused-ring (bicyclic) bond motifs is 3. The fourth-order valence-electron chi connectivity index (χ4n) is 4.15. The monoisotopic (exact) mass is 478 g/mol. The standard InChI is InChI=1S/C28H26N6O2/c1-19-7-9-22(17-25(19)31-26(35)6-4-14-32(2)3)34-27(36)12-8-20-18-29-24-11-10-21(16-23(24)28(20)34)33-15-5-13-30-33/h4-13,15-18H,14H2,1-3H3,(H,31,35). The average molecular weight is 479 g/mol. The molecule has 1 amide bonds. The fraction of sp³-hybridized carbons (Fsp3) is 0.143. The summed E-state index contributed by atoms with van der Waals surface area (Å²) in [4.78, 5) is 32.3. The van der Waals surface area contributed by atoms with Gasteiger partial charge in [0.05, 0.1) is 22.4 Å². The Balaban J connectivity index is 1.65. The van der Waals surface area contributed by atoms with Crippen LogP contribution in [-0.2, 0) is 4.79 Å². The molecule has 2 aromatic carbocycles. The van der Waals surface area contributed by atoms with Crippen molar-refractivity contribution < 1.29 is 4.79 Å². The summed E-state index contributed by atoms with van der Waals surface area (Å²) in [5.41, 5.74) is 4.40. The largest absolute Gasteiger partial charge is 0.322 e. The highest BCUT2D eigenvalue weighted by Crippen LogP contribution is 2.28. The zero-order valence-electron chi connectivity index (χ0n) is 20.3. The summed E-state index contributed by atoms with van der Waals surface area (Å²) in [6.45, 7) is 2.59. The number of carbonyl (C=O) groups excluding carboxylic acids is 1. The lowest BCUT2D eigenvalue weighted by atomic mass is 10.1. The second-order valence-corrected chi connectivity index (χ2v) is 8.87. The van der Waals surface area contributed by atoms with E-state index in [0.717, 1.165) is 33.1 Å². The molecule has 8 heteroatoms. The van der Waals surface area contributed by atoms with E-state index in [0.29, 0.717) is 17.9 Å². The molecule has 0 aliphatic heterocycles. The lowest BCUT2D eigenvalue weighted by molar-refractivity contribution is -0.111. The van der Waals surface area contributed by atoms with Crippen LogP contribution in [0.3, 0.4) is 0 Å². The zero-order valence-corrected chi connectivity index (χ0v) is 20.3. The molecule has 0 saturated carbocycles. The minimum Gasteiger partial charge on any atom is -0.322 e. The van der Waals surface area contributed by atoms with Gasteiger partial charge >= 0.3 is 0 Å². The quantitative estimate of drug-likeness (QED) is 0.294. The molecule has 180 valence electrons. The predicted molar refractivity (Wildman–Crippen MR) is 143 cm³/mol. The maximum atomic E-state index is 13.2. The maximum absolute atomic E-state index is 13.2. The summed E-state index contributed by atoms with van der Waals surface area (Å²) in [5.74, 6) is -0.221. The first kappa shape index (κ1) is 23.2. The molecule has 5 rings (SSSR count). The Kier molecular flexibility index (Phi) is 6.18. The Bertz CT molecular complexity index is 1670. The lowest BCUT2D eigenvalue weighted by Crippen LogP contribution is -2.18. The number of aryl methyl sites for hydroxylation is 1. The van der Waals surface area contributed by atoms with Gasteiger partial charge in [0.2, 0.25) is 5.91 Å². The summed E-state index contributed by atoms with van der Waals surface area (Å²) in [7, 11) is 3.88. The van der Waals surface area contributed by atoms with Crippen LogP contribution in [0.4, 0.5) is 5.69 Å². The lowest BCUT2D eigenvalue weighted by Gasteiger charge is -2.15. The molecule has 0 saturated heterocycles. The van der Waals surface area contributed by atoms with Gasteiger partial charge in [-0.25, -0.2) is 4.68 Å². The number of rotatable bonds is 6. The number of benzene rings is 2. The fourth-order valence-corrected chi connectivity index (χ4v) is 4.15. The van der Waals surface area contributed by atoms with Crippen molar-refractivity contribution in [3.8, 4) is 11.4 Å². The van der Waals surface area contributed by atoms with Gasteiger partial charge in [-0.3, -0.25) is 19.1 Å². The molecule has 3 heterocycles. The first-order valence-corrected chi connectivity index (χ1v) is 11.6. The minimum absolute atomic E-state index is 0.175. The van der Waals surface area contributed by atoms with Crippen LogP contribution in [0.2, 0.25) is 0 Å². The van der Waals surface area contributed by atoms with Crippen molar-refractivity contribution in [1.29, 1.82) is 0 Å². The van der Waals surface area contributed by atoms with Crippen LogP contribution >= 0.6 is 0 Å². The van der Waals surface area contributed by atoms with Crippen molar-refractivity contribution >= 4 is 33.4 Å². The van der Waals surface area contributed by atoms with Gasteiger partial charge in [0.1, 0.15) is 0 Å². The van der Waals surface area contributed by atoms with Gasteiger partial charge in [0, 0.05) is 53.7 Å². The highest BCUT2D eigenvalue weighted by molar-refractivity contribution is 6.05. The van der Waals surface area contributed by atoms with E-state index in [-0.39, 0.29) is 11.5 Å². The second kappa shape index (κ2) is 9.59. The minimum atomic E-state index is -0.221. The summed E-state index contributed by atoms with van der Waals surface area (Å²) in [6.07, 6.45) is 8.69. The van der Waals surface area contributed by atoms with Gasteiger partial charge in [0.25, 0.3) is 5.56 Å². The predicted octanol–water partition coefficient (Wildman–Crippen LogP) is 4.09. The smallest absolute Gasteiger partial charge is 0.255 e. The Hall–Kier alpha value is -4.56. The van der Waals surface area contributed by atoms with Gasteiger partial charge in [-0.15, -0.1) is 0 Å². The number of likely N-dealkylation sites (N-methyl/N-ethyl adjacent to an activating group) is 1. The number of anilines is 1. The summed E-state index contributed by atoms with van der Waals surface area (Å²) in [6, 6.07) is 16.7. The molecule has 0 fully saturated rings. The van der Waals surface area contributed by atoms with Crippen molar-refractivity contribution in [2.24, 2.45) is 0 Å². The van der Waals surface area contributed by atoms with Crippen LogP contribution in [0.25, 0.3) is 33.2 Å². The van der Waals surface area contributed by atoms with E-state index < -0.39 is 0 Å². The summed E-state index contributed by atoms with van der Waals surface area (Å²) >= 11 is 0. The highest BCUT2D eigenvalue weighted by atomic mass is 16.1. The van der Waals surface area contributed by atoms with Crippen molar-refractivity contribution in [2.75, 3.05) is 26.0 Å². The van der Waals surface area contributed by atoms with Crippen LogP contribution in [0.5, 0.6) is 0 Å². The summed E-state index contributed by atoms with van der Waals surface area (Å²) in [5, 5.41) is 8.93. The molecule has 8 nitrogen and oxygen atoms in total.